The average Bonchev–Trinajstić information content (AvgIpc) is 2.69. The van der Waals surface area contributed by atoms with Crippen LogP contribution in [-0.2, 0) is 16.4 Å². The summed E-state index contributed by atoms with van der Waals surface area (Å²) in [6.07, 6.45) is 2.18. The van der Waals surface area contributed by atoms with E-state index in [9.17, 15) is 8.42 Å². The molecule has 2 aromatic rings. The van der Waals surface area contributed by atoms with Crippen molar-refractivity contribution < 1.29 is 8.42 Å². The third-order valence-electron chi connectivity index (χ3n) is 4.94. The molecule has 4 nitrogen and oxygen atoms in total. The van der Waals surface area contributed by atoms with Crippen LogP contribution in [0.25, 0.3) is 0 Å². The Morgan fingerprint density at radius 3 is 2.39 bits per heavy atom. The van der Waals surface area contributed by atoms with Crippen LogP contribution in [-0.4, -0.2) is 49.1 Å². The molecule has 0 spiro atoms. The summed E-state index contributed by atoms with van der Waals surface area (Å²) in [5.41, 5.74) is 1.15. The van der Waals surface area contributed by atoms with E-state index in [1.807, 2.05) is 30.3 Å². The lowest BCUT2D eigenvalue weighted by Gasteiger charge is -2.36. The van der Waals surface area contributed by atoms with Gasteiger partial charge in [0, 0.05) is 51.9 Å². The van der Waals surface area contributed by atoms with Crippen molar-refractivity contribution in [1.82, 2.24) is 9.21 Å². The van der Waals surface area contributed by atoms with Gasteiger partial charge in [0.05, 0.1) is 10.6 Å². The Balaban J connectivity index is 1.84. The Morgan fingerprint density at radius 1 is 1.04 bits per heavy atom. The summed E-state index contributed by atoms with van der Waals surface area (Å²) in [5, 5.41) is 0.715. The SMILES string of the molecule is O=S(=O)(CC1CN(SI)CCCCN1Cc1ccc(Cl)cc1)c1ccccc1. The van der Waals surface area contributed by atoms with Gasteiger partial charge in [-0.25, -0.2) is 12.7 Å². The quantitative estimate of drug-likeness (QED) is 0.371. The number of hydrogen-bond donors (Lipinski definition) is 0. The first kappa shape index (κ1) is 22.4. The van der Waals surface area contributed by atoms with E-state index in [2.05, 4.69) is 30.4 Å². The maximum atomic E-state index is 13.1. The summed E-state index contributed by atoms with van der Waals surface area (Å²) in [7, 11) is -1.68. The van der Waals surface area contributed by atoms with Crippen molar-refractivity contribution >= 4 is 51.8 Å². The summed E-state index contributed by atoms with van der Waals surface area (Å²) in [6, 6.07) is 16.5. The first-order valence-electron chi connectivity index (χ1n) is 9.28. The molecule has 0 aromatic heterocycles. The highest BCUT2D eigenvalue weighted by Crippen LogP contribution is 2.25. The van der Waals surface area contributed by atoms with E-state index in [1.165, 1.54) is 0 Å². The molecule has 1 heterocycles. The van der Waals surface area contributed by atoms with Crippen LogP contribution < -0.4 is 0 Å². The Morgan fingerprint density at radius 2 is 1.71 bits per heavy atom. The highest BCUT2D eigenvalue weighted by atomic mass is 127. The smallest absolute Gasteiger partial charge is 0.179 e. The van der Waals surface area contributed by atoms with Crippen molar-refractivity contribution in [2.75, 3.05) is 25.4 Å². The van der Waals surface area contributed by atoms with Crippen LogP contribution in [0.1, 0.15) is 18.4 Å². The van der Waals surface area contributed by atoms with Crippen LogP contribution in [0.5, 0.6) is 0 Å². The molecule has 1 atom stereocenters. The first-order chi connectivity index (χ1) is 13.5. The van der Waals surface area contributed by atoms with Gasteiger partial charge >= 0.3 is 0 Å². The molecule has 1 saturated heterocycles. The molecule has 1 fully saturated rings. The summed E-state index contributed by atoms with van der Waals surface area (Å²) < 4.78 is 28.4. The van der Waals surface area contributed by atoms with Crippen LogP contribution in [0.15, 0.2) is 59.5 Å². The van der Waals surface area contributed by atoms with Crippen molar-refractivity contribution in [3.63, 3.8) is 0 Å². The number of hydrogen-bond acceptors (Lipinski definition) is 5. The van der Waals surface area contributed by atoms with E-state index >= 15 is 0 Å². The molecule has 0 saturated carbocycles. The summed E-state index contributed by atoms with van der Waals surface area (Å²) in [5.74, 6) is 0.123. The second kappa shape index (κ2) is 10.6. The summed E-state index contributed by atoms with van der Waals surface area (Å²) >= 11 is 8.31. The van der Waals surface area contributed by atoms with Gasteiger partial charge in [-0.1, -0.05) is 41.9 Å². The van der Waals surface area contributed by atoms with Crippen LogP contribution in [0, 0.1) is 0 Å². The molecule has 0 N–H and O–H groups in total. The van der Waals surface area contributed by atoms with Gasteiger partial charge in [0.15, 0.2) is 9.84 Å². The lowest BCUT2D eigenvalue weighted by molar-refractivity contribution is 0.159. The maximum absolute atomic E-state index is 13.1. The van der Waals surface area contributed by atoms with Crippen molar-refractivity contribution in [2.45, 2.75) is 30.3 Å². The zero-order chi connectivity index (χ0) is 20.0. The summed E-state index contributed by atoms with van der Waals surface area (Å²) in [6.45, 7) is 3.35. The molecule has 0 aliphatic carbocycles. The predicted molar refractivity (Wildman–Crippen MR) is 127 cm³/mol. The van der Waals surface area contributed by atoms with E-state index in [4.69, 9.17) is 11.6 Å². The monoisotopic (exact) mass is 550 g/mol. The van der Waals surface area contributed by atoms with E-state index in [-0.39, 0.29) is 11.8 Å². The number of rotatable bonds is 6. The van der Waals surface area contributed by atoms with Gasteiger partial charge in [-0.05, 0) is 58.3 Å². The normalized spacial score (nSPS) is 19.9. The molecular weight excluding hydrogens is 527 g/mol. The Labute approximate surface area is 189 Å². The fourth-order valence-electron chi connectivity index (χ4n) is 3.46. The Hall–Kier alpha value is -0.320. The number of halogens is 2. The third kappa shape index (κ3) is 6.34. The van der Waals surface area contributed by atoms with Crippen LogP contribution in [0.2, 0.25) is 5.02 Å². The predicted octanol–water partition coefficient (Wildman–Crippen LogP) is 5.08. The van der Waals surface area contributed by atoms with Gasteiger partial charge in [0.2, 0.25) is 0 Å². The van der Waals surface area contributed by atoms with Gasteiger partial charge in [0.25, 0.3) is 0 Å². The minimum Gasteiger partial charge on any atom is -0.294 e. The van der Waals surface area contributed by atoms with Crippen molar-refractivity contribution in [2.24, 2.45) is 0 Å². The van der Waals surface area contributed by atoms with Crippen LogP contribution in [0.3, 0.4) is 0 Å². The Bertz CT molecular complexity index is 850. The molecule has 0 radical (unpaired) electrons. The molecule has 2 aromatic carbocycles. The number of benzene rings is 2. The summed E-state index contributed by atoms with van der Waals surface area (Å²) in [4.78, 5) is 2.72. The number of nitrogens with zero attached hydrogens (tertiary/aromatic N) is 2. The average molecular weight is 551 g/mol. The molecule has 28 heavy (non-hydrogen) atoms. The third-order valence-corrected chi connectivity index (χ3v) is 9.21. The molecule has 1 unspecified atom stereocenters. The molecule has 1 aliphatic heterocycles. The second-order valence-electron chi connectivity index (χ2n) is 7.01. The molecule has 3 rings (SSSR count). The van der Waals surface area contributed by atoms with Crippen LogP contribution in [0.4, 0.5) is 0 Å². The Kier molecular flexibility index (Phi) is 8.49. The molecule has 8 heteroatoms. The topological polar surface area (TPSA) is 40.6 Å². The van der Waals surface area contributed by atoms with Crippen molar-refractivity contribution in [3.8, 4) is 0 Å². The maximum Gasteiger partial charge on any atom is 0.179 e. The molecule has 0 bridgehead atoms. The lowest BCUT2D eigenvalue weighted by Crippen LogP contribution is -2.47. The van der Waals surface area contributed by atoms with Crippen LogP contribution >= 0.6 is 41.9 Å². The van der Waals surface area contributed by atoms with E-state index in [0.717, 1.165) is 44.6 Å². The first-order valence-corrected chi connectivity index (χ1v) is 14.6. The van der Waals surface area contributed by atoms with Gasteiger partial charge in [-0.15, -0.1) is 0 Å². The molecule has 1 aliphatic rings. The molecule has 152 valence electrons. The highest BCUT2D eigenvalue weighted by molar-refractivity contribution is 14.2. The largest absolute Gasteiger partial charge is 0.294 e. The van der Waals surface area contributed by atoms with E-state index in [1.54, 1.807) is 33.4 Å². The zero-order valence-corrected chi connectivity index (χ0v) is 20.1. The van der Waals surface area contributed by atoms with E-state index in [0.29, 0.717) is 9.92 Å². The molecular formula is C20H24ClIN2O2S2. The fourth-order valence-corrected chi connectivity index (χ4v) is 6.67. The van der Waals surface area contributed by atoms with Gasteiger partial charge in [-0.3, -0.25) is 4.90 Å². The van der Waals surface area contributed by atoms with Gasteiger partial charge in [-0.2, -0.15) is 0 Å². The van der Waals surface area contributed by atoms with Gasteiger partial charge < -0.3 is 0 Å². The van der Waals surface area contributed by atoms with Crippen molar-refractivity contribution in [3.05, 3.63) is 65.2 Å². The highest BCUT2D eigenvalue weighted by Gasteiger charge is 2.29. The van der Waals surface area contributed by atoms with Gasteiger partial charge in [0.1, 0.15) is 0 Å². The number of sulfone groups is 1. The van der Waals surface area contributed by atoms with E-state index < -0.39 is 9.84 Å². The standard InChI is InChI=1S/C20H24ClIN2O2S2/c21-18-10-8-17(9-11-18)14-23-12-4-5-13-24(27-22)15-19(23)16-28(25,26)20-6-2-1-3-7-20/h1-3,6-11,19H,4-5,12-16H2. The minimum absolute atomic E-state index is 0.0662. The van der Waals surface area contributed by atoms with Crippen molar-refractivity contribution in [1.29, 1.82) is 0 Å². The molecule has 0 amide bonds. The fraction of sp³-hybridized carbons (Fsp3) is 0.400. The second-order valence-corrected chi connectivity index (χ2v) is 11.3. The minimum atomic E-state index is -3.35. The lowest BCUT2D eigenvalue weighted by atomic mass is 10.1. The zero-order valence-electron chi connectivity index (χ0n) is 15.5.